The van der Waals surface area contributed by atoms with Crippen molar-refractivity contribution < 1.29 is 13.9 Å². The Morgan fingerprint density at radius 3 is 2.80 bits per heavy atom. The number of carbonyl (C=O) groups is 1. The van der Waals surface area contributed by atoms with Crippen LogP contribution in [0.5, 0.6) is 0 Å². The van der Waals surface area contributed by atoms with Crippen LogP contribution < -0.4 is 11.5 Å². The van der Waals surface area contributed by atoms with Crippen molar-refractivity contribution in [2.24, 2.45) is 5.73 Å². The number of ether oxygens (including phenoxy) is 1. The summed E-state index contributed by atoms with van der Waals surface area (Å²) in [6, 6.07) is 3.55. The van der Waals surface area contributed by atoms with E-state index < -0.39 is 17.8 Å². The van der Waals surface area contributed by atoms with E-state index in [2.05, 4.69) is 4.74 Å². The largest absolute Gasteiger partial charge is 0.468 e. The summed E-state index contributed by atoms with van der Waals surface area (Å²) in [6.45, 7) is 0. The van der Waals surface area contributed by atoms with Crippen molar-refractivity contribution in [3.63, 3.8) is 0 Å². The molecule has 5 heteroatoms. The first-order chi connectivity index (χ1) is 7.04. The lowest BCUT2D eigenvalue weighted by Crippen LogP contribution is -2.33. The van der Waals surface area contributed by atoms with Crippen molar-refractivity contribution in [1.29, 1.82) is 0 Å². The van der Waals surface area contributed by atoms with Crippen LogP contribution in [0, 0.1) is 5.82 Å². The molecule has 0 bridgehead atoms. The van der Waals surface area contributed by atoms with Crippen LogP contribution in [0.15, 0.2) is 18.2 Å². The molecule has 1 aromatic carbocycles. The molecule has 0 spiro atoms. The molecule has 0 unspecified atom stereocenters. The standard InChI is InChI=1S/C10H13FN2O2/c1-15-10(14)9(13)5-6-2-3-8(12)7(11)4-6/h2-4,9H,5,12-13H2,1H3/t9-/m1/s1. The number of nitrogen functional groups attached to an aromatic ring is 1. The molecule has 4 nitrogen and oxygen atoms in total. The fourth-order valence-corrected chi connectivity index (χ4v) is 1.19. The SMILES string of the molecule is COC(=O)[C@H](N)Cc1ccc(N)c(F)c1. The van der Waals surface area contributed by atoms with Gasteiger partial charge < -0.3 is 16.2 Å². The molecule has 0 radical (unpaired) electrons. The second kappa shape index (κ2) is 4.75. The van der Waals surface area contributed by atoms with E-state index in [0.717, 1.165) is 0 Å². The molecule has 0 fully saturated rings. The average molecular weight is 212 g/mol. The number of anilines is 1. The zero-order valence-electron chi connectivity index (χ0n) is 8.37. The van der Waals surface area contributed by atoms with Gasteiger partial charge in [0.15, 0.2) is 0 Å². The maximum absolute atomic E-state index is 13.0. The van der Waals surface area contributed by atoms with Gasteiger partial charge in [-0.3, -0.25) is 4.79 Å². The van der Waals surface area contributed by atoms with Gasteiger partial charge in [0.1, 0.15) is 11.9 Å². The van der Waals surface area contributed by atoms with Crippen molar-refractivity contribution in [2.75, 3.05) is 12.8 Å². The predicted octanol–water partition coefficient (Wildman–Crippen LogP) is 0.451. The number of hydrogen-bond donors (Lipinski definition) is 2. The number of hydrogen-bond acceptors (Lipinski definition) is 4. The number of carbonyl (C=O) groups excluding carboxylic acids is 1. The highest BCUT2D eigenvalue weighted by Crippen LogP contribution is 2.13. The van der Waals surface area contributed by atoms with Crippen molar-refractivity contribution in [1.82, 2.24) is 0 Å². The van der Waals surface area contributed by atoms with E-state index >= 15 is 0 Å². The first-order valence-electron chi connectivity index (χ1n) is 4.42. The zero-order chi connectivity index (χ0) is 11.4. The highest BCUT2D eigenvalue weighted by atomic mass is 19.1. The summed E-state index contributed by atoms with van der Waals surface area (Å²) < 4.78 is 17.5. The maximum atomic E-state index is 13.0. The number of esters is 1. The minimum absolute atomic E-state index is 0.0744. The van der Waals surface area contributed by atoms with Gasteiger partial charge in [0.2, 0.25) is 0 Å². The Balaban J connectivity index is 2.73. The van der Waals surface area contributed by atoms with Crippen LogP contribution in [-0.2, 0) is 16.0 Å². The van der Waals surface area contributed by atoms with E-state index in [4.69, 9.17) is 11.5 Å². The van der Waals surface area contributed by atoms with E-state index in [0.29, 0.717) is 5.56 Å². The normalized spacial score (nSPS) is 12.2. The fourth-order valence-electron chi connectivity index (χ4n) is 1.19. The van der Waals surface area contributed by atoms with Crippen molar-refractivity contribution in [3.05, 3.63) is 29.6 Å². The molecule has 0 aliphatic carbocycles. The Morgan fingerprint density at radius 1 is 1.60 bits per heavy atom. The molecule has 0 aliphatic rings. The number of benzene rings is 1. The van der Waals surface area contributed by atoms with Crippen LogP contribution in [0.2, 0.25) is 0 Å². The van der Waals surface area contributed by atoms with E-state index in [1.54, 1.807) is 6.07 Å². The van der Waals surface area contributed by atoms with Gasteiger partial charge in [0, 0.05) is 0 Å². The Bertz CT molecular complexity index is 368. The van der Waals surface area contributed by atoms with Crippen LogP contribution in [0.1, 0.15) is 5.56 Å². The molecular formula is C10H13FN2O2. The summed E-state index contributed by atoms with van der Waals surface area (Å²) in [6.07, 6.45) is 0.226. The summed E-state index contributed by atoms with van der Waals surface area (Å²) >= 11 is 0. The average Bonchev–Trinajstić information content (AvgIpc) is 2.22. The summed E-state index contributed by atoms with van der Waals surface area (Å²) in [7, 11) is 1.26. The molecule has 1 atom stereocenters. The van der Waals surface area contributed by atoms with Crippen molar-refractivity contribution >= 4 is 11.7 Å². The quantitative estimate of drug-likeness (QED) is 0.563. The lowest BCUT2D eigenvalue weighted by Gasteiger charge is -2.09. The Hall–Kier alpha value is -1.62. The maximum Gasteiger partial charge on any atom is 0.322 e. The van der Waals surface area contributed by atoms with E-state index in [1.165, 1.54) is 19.2 Å². The van der Waals surface area contributed by atoms with E-state index in [9.17, 15) is 9.18 Å². The third kappa shape index (κ3) is 2.92. The van der Waals surface area contributed by atoms with Gasteiger partial charge in [0.05, 0.1) is 12.8 Å². The highest BCUT2D eigenvalue weighted by Gasteiger charge is 2.14. The fraction of sp³-hybridized carbons (Fsp3) is 0.300. The van der Waals surface area contributed by atoms with Crippen LogP contribution in [-0.4, -0.2) is 19.1 Å². The van der Waals surface area contributed by atoms with E-state index in [-0.39, 0.29) is 12.1 Å². The number of nitrogens with two attached hydrogens (primary N) is 2. The van der Waals surface area contributed by atoms with Crippen LogP contribution in [0.25, 0.3) is 0 Å². The molecule has 0 aliphatic heterocycles. The van der Waals surface area contributed by atoms with Gasteiger partial charge >= 0.3 is 5.97 Å². The topological polar surface area (TPSA) is 78.3 Å². The van der Waals surface area contributed by atoms with Gasteiger partial charge in [-0.1, -0.05) is 6.07 Å². The molecule has 82 valence electrons. The molecule has 1 rings (SSSR count). The van der Waals surface area contributed by atoms with Gasteiger partial charge in [-0.15, -0.1) is 0 Å². The van der Waals surface area contributed by atoms with Crippen LogP contribution in [0.3, 0.4) is 0 Å². The summed E-state index contributed by atoms with van der Waals surface area (Å²) in [4.78, 5) is 11.0. The molecular weight excluding hydrogens is 199 g/mol. The van der Waals surface area contributed by atoms with Crippen molar-refractivity contribution in [3.8, 4) is 0 Å². The molecule has 1 aromatic rings. The number of rotatable bonds is 3. The van der Waals surface area contributed by atoms with Crippen LogP contribution >= 0.6 is 0 Å². The predicted molar refractivity (Wildman–Crippen MR) is 54.5 cm³/mol. The lowest BCUT2D eigenvalue weighted by atomic mass is 10.1. The lowest BCUT2D eigenvalue weighted by molar-refractivity contribution is -0.142. The second-order valence-electron chi connectivity index (χ2n) is 3.19. The Kier molecular flexibility index (Phi) is 3.62. The summed E-state index contributed by atoms with van der Waals surface area (Å²) in [5.41, 5.74) is 11.5. The minimum atomic E-state index is -0.780. The molecule has 0 saturated heterocycles. The molecule has 4 N–H and O–H groups in total. The number of methoxy groups -OCH3 is 1. The van der Waals surface area contributed by atoms with Gasteiger partial charge in [-0.25, -0.2) is 4.39 Å². The first-order valence-corrected chi connectivity index (χ1v) is 4.42. The smallest absolute Gasteiger partial charge is 0.322 e. The van der Waals surface area contributed by atoms with Gasteiger partial charge in [-0.2, -0.15) is 0 Å². The summed E-state index contributed by atoms with van der Waals surface area (Å²) in [5, 5.41) is 0. The molecule has 0 amide bonds. The molecule has 0 aromatic heterocycles. The first kappa shape index (κ1) is 11.5. The van der Waals surface area contributed by atoms with Crippen LogP contribution in [0.4, 0.5) is 10.1 Å². The summed E-state index contributed by atoms with van der Waals surface area (Å²) in [5.74, 6) is -1.03. The van der Waals surface area contributed by atoms with E-state index in [1.807, 2.05) is 0 Å². The molecule has 0 heterocycles. The second-order valence-corrected chi connectivity index (χ2v) is 3.19. The molecule has 0 saturated carbocycles. The Morgan fingerprint density at radius 2 is 2.27 bits per heavy atom. The monoisotopic (exact) mass is 212 g/mol. The minimum Gasteiger partial charge on any atom is -0.468 e. The molecule has 15 heavy (non-hydrogen) atoms. The Labute approximate surface area is 87.0 Å². The highest BCUT2D eigenvalue weighted by molar-refractivity contribution is 5.75. The van der Waals surface area contributed by atoms with Gasteiger partial charge in [0.25, 0.3) is 0 Å². The third-order valence-corrected chi connectivity index (χ3v) is 2.02. The number of halogens is 1. The van der Waals surface area contributed by atoms with Gasteiger partial charge in [-0.05, 0) is 24.1 Å². The van der Waals surface area contributed by atoms with Crippen molar-refractivity contribution in [2.45, 2.75) is 12.5 Å². The third-order valence-electron chi connectivity index (χ3n) is 2.02. The zero-order valence-corrected chi connectivity index (χ0v) is 8.37.